The average molecular weight is 477 g/mol. The maximum absolute atomic E-state index is 13.9. The predicted molar refractivity (Wildman–Crippen MR) is 124 cm³/mol. The van der Waals surface area contributed by atoms with Crippen LogP contribution in [0.1, 0.15) is 41.3 Å². The van der Waals surface area contributed by atoms with Gasteiger partial charge < -0.3 is 24.2 Å². The molecule has 3 bridgehead atoms. The highest BCUT2D eigenvalue weighted by molar-refractivity contribution is 5.75. The first-order chi connectivity index (χ1) is 16.9. The lowest BCUT2D eigenvalue weighted by atomic mass is 9.87. The van der Waals surface area contributed by atoms with E-state index in [4.69, 9.17) is 19.3 Å². The van der Waals surface area contributed by atoms with Gasteiger partial charge in [0.15, 0.2) is 24.2 Å². The molecular formula is C27H24FNO6. The van der Waals surface area contributed by atoms with Crippen LogP contribution < -0.4 is 14.2 Å². The van der Waals surface area contributed by atoms with Crippen LogP contribution in [0, 0.1) is 5.82 Å². The normalized spacial score (nSPS) is 18.5. The second-order valence-electron chi connectivity index (χ2n) is 8.55. The summed E-state index contributed by atoms with van der Waals surface area (Å²) in [5.74, 6) is 0.336. The zero-order valence-electron chi connectivity index (χ0n) is 19.1. The van der Waals surface area contributed by atoms with E-state index >= 15 is 0 Å². The lowest BCUT2D eigenvalue weighted by molar-refractivity contribution is -0.139. The van der Waals surface area contributed by atoms with Gasteiger partial charge in [0.05, 0.1) is 6.04 Å². The minimum Gasteiger partial charge on any atom is -0.485 e. The van der Waals surface area contributed by atoms with Crippen LogP contribution in [0.3, 0.4) is 0 Å². The van der Waals surface area contributed by atoms with Crippen LogP contribution in [0.15, 0.2) is 60.7 Å². The van der Waals surface area contributed by atoms with Crippen molar-refractivity contribution in [2.75, 3.05) is 19.8 Å². The van der Waals surface area contributed by atoms with Gasteiger partial charge in [0.25, 0.3) is 0 Å². The van der Waals surface area contributed by atoms with Crippen molar-refractivity contribution in [1.29, 1.82) is 0 Å². The third-order valence-electron chi connectivity index (χ3n) is 6.30. The van der Waals surface area contributed by atoms with Gasteiger partial charge in [-0.3, -0.25) is 4.79 Å². The molecule has 0 saturated carbocycles. The molecule has 3 aliphatic rings. The molecule has 2 atom stereocenters. The fourth-order valence-electron chi connectivity index (χ4n) is 4.70. The molecule has 8 heteroatoms. The molecule has 2 unspecified atom stereocenters. The zero-order valence-corrected chi connectivity index (χ0v) is 19.1. The van der Waals surface area contributed by atoms with E-state index in [1.165, 1.54) is 30.7 Å². The summed E-state index contributed by atoms with van der Waals surface area (Å²) in [6.07, 6.45) is 0.893. The van der Waals surface area contributed by atoms with Gasteiger partial charge in [-0.1, -0.05) is 30.3 Å². The van der Waals surface area contributed by atoms with Gasteiger partial charge in [-0.05, 0) is 53.4 Å². The molecule has 180 valence electrons. The molecule has 1 amide bonds. The Morgan fingerprint density at radius 3 is 2.71 bits per heavy atom. The number of nitrogens with zero attached hydrogens (tertiary/aromatic N) is 1. The standard InChI is InChI=1S/C19H18FNO4.C8H6O2/c1-12(22)21-9-8-13-4-2-3-5-15(13)19(21)16-10-14(20)6-7-17(16)25-11-18(23)24;1-2-6-7-3-5(1)8(10-7)4-9-6/h2-7,10,19H,8-9,11H2,1H3,(H,23,24);1-3,8H,4H2. The number of carboxylic acid groups (broad SMARTS) is 1. The predicted octanol–water partition coefficient (Wildman–Crippen LogP) is 4.30. The highest BCUT2D eigenvalue weighted by Crippen LogP contribution is 2.43. The first-order valence-electron chi connectivity index (χ1n) is 11.3. The number of hydrogen-bond acceptors (Lipinski definition) is 5. The van der Waals surface area contributed by atoms with Crippen molar-refractivity contribution < 1.29 is 33.3 Å². The summed E-state index contributed by atoms with van der Waals surface area (Å²) < 4.78 is 30.1. The van der Waals surface area contributed by atoms with E-state index in [1.807, 2.05) is 36.4 Å². The van der Waals surface area contributed by atoms with Crippen LogP contribution in [0.4, 0.5) is 4.39 Å². The van der Waals surface area contributed by atoms with Gasteiger partial charge in [-0.15, -0.1) is 0 Å². The minimum atomic E-state index is -1.12. The summed E-state index contributed by atoms with van der Waals surface area (Å²) in [5.41, 5.74) is 3.67. The molecule has 7 nitrogen and oxygen atoms in total. The number of fused-ring (bicyclic) bond motifs is 4. The lowest BCUT2D eigenvalue weighted by Crippen LogP contribution is -2.39. The number of amides is 1. The minimum absolute atomic E-state index is 0.132. The number of benzene rings is 3. The van der Waals surface area contributed by atoms with E-state index in [9.17, 15) is 14.0 Å². The quantitative estimate of drug-likeness (QED) is 0.603. The second-order valence-corrected chi connectivity index (χ2v) is 8.55. The van der Waals surface area contributed by atoms with Gasteiger partial charge in [0.1, 0.15) is 18.2 Å². The molecule has 1 N–H and O–H groups in total. The summed E-state index contributed by atoms with van der Waals surface area (Å²) in [5, 5.41) is 8.87. The number of carboxylic acids is 1. The van der Waals surface area contributed by atoms with E-state index in [0.29, 0.717) is 25.1 Å². The molecule has 0 aliphatic carbocycles. The first-order valence-corrected chi connectivity index (χ1v) is 11.3. The summed E-state index contributed by atoms with van der Waals surface area (Å²) in [7, 11) is 0. The summed E-state index contributed by atoms with van der Waals surface area (Å²) in [6, 6.07) is 17.2. The molecule has 0 saturated heterocycles. The molecular weight excluding hydrogens is 453 g/mol. The maximum atomic E-state index is 13.9. The maximum Gasteiger partial charge on any atom is 0.341 e. The first kappa shape index (κ1) is 22.7. The molecule has 0 aromatic heterocycles. The van der Waals surface area contributed by atoms with Crippen molar-refractivity contribution in [3.8, 4) is 17.2 Å². The number of carbonyl (C=O) groups excluding carboxylic acids is 1. The number of hydrogen-bond donors (Lipinski definition) is 1. The SMILES string of the molecule is CC(=O)N1CCc2ccccc2C1c1cc(F)ccc1OCC(=O)O.c1cc2c3cc1C(CO2)O3. The molecule has 0 radical (unpaired) electrons. The van der Waals surface area contributed by atoms with Crippen LogP contribution in [0.25, 0.3) is 0 Å². The van der Waals surface area contributed by atoms with Crippen LogP contribution in [0.5, 0.6) is 17.2 Å². The lowest BCUT2D eigenvalue weighted by Gasteiger charge is -2.37. The van der Waals surface area contributed by atoms with Crippen molar-refractivity contribution in [1.82, 2.24) is 4.90 Å². The number of halogens is 1. The molecule has 0 fully saturated rings. The van der Waals surface area contributed by atoms with E-state index in [-0.39, 0.29) is 17.8 Å². The second kappa shape index (κ2) is 9.29. The number of carbonyl (C=O) groups is 2. The van der Waals surface area contributed by atoms with Crippen LogP contribution in [-0.4, -0.2) is 41.6 Å². The Morgan fingerprint density at radius 1 is 1.09 bits per heavy atom. The van der Waals surface area contributed by atoms with E-state index < -0.39 is 24.4 Å². The molecule has 0 spiro atoms. The third kappa shape index (κ3) is 4.51. The monoisotopic (exact) mass is 477 g/mol. The molecule has 35 heavy (non-hydrogen) atoms. The van der Waals surface area contributed by atoms with Crippen molar-refractivity contribution in [2.24, 2.45) is 0 Å². The summed E-state index contributed by atoms with van der Waals surface area (Å²) >= 11 is 0. The highest BCUT2D eigenvalue weighted by atomic mass is 19.1. The Kier molecular flexibility index (Phi) is 6.03. The molecule has 3 aromatic rings. The van der Waals surface area contributed by atoms with Gasteiger partial charge in [0, 0.05) is 19.0 Å². The number of aliphatic carboxylic acids is 1. The fourth-order valence-corrected chi connectivity index (χ4v) is 4.70. The summed E-state index contributed by atoms with van der Waals surface area (Å²) in [4.78, 5) is 24.6. The Morgan fingerprint density at radius 2 is 1.91 bits per heavy atom. The topological polar surface area (TPSA) is 85.3 Å². The Labute approximate surface area is 201 Å². The van der Waals surface area contributed by atoms with Crippen molar-refractivity contribution >= 4 is 11.9 Å². The van der Waals surface area contributed by atoms with E-state index in [1.54, 1.807) is 4.90 Å². The number of rotatable bonds is 4. The molecule has 3 aliphatic heterocycles. The Balaban J connectivity index is 0.000000207. The fraction of sp³-hybridized carbons (Fsp3) is 0.259. The van der Waals surface area contributed by atoms with Crippen LogP contribution in [0.2, 0.25) is 0 Å². The zero-order chi connectivity index (χ0) is 24.5. The van der Waals surface area contributed by atoms with Gasteiger partial charge >= 0.3 is 5.97 Å². The van der Waals surface area contributed by atoms with Crippen LogP contribution in [-0.2, 0) is 16.0 Å². The highest BCUT2D eigenvalue weighted by Gasteiger charge is 2.33. The largest absolute Gasteiger partial charge is 0.485 e. The summed E-state index contributed by atoms with van der Waals surface area (Å²) in [6.45, 7) is 2.12. The average Bonchev–Trinajstić information content (AvgIpc) is 2.96. The smallest absolute Gasteiger partial charge is 0.341 e. The number of ether oxygens (including phenoxy) is 3. The van der Waals surface area contributed by atoms with Crippen molar-refractivity contribution in [3.63, 3.8) is 0 Å². The van der Waals surface area contributed by atoms with Gasteiger partial charge in [-0.25, -0.2) is 9.18 Å². The Bertz CT molecular complexity index is 1290. The van der Waals surface area contributed by atoms with E-state index in [2.05, 4.69) is 6.07 Å². The third-order valence-corrected chi connectivity index (χ3v) is 6.30. The molecule has 6 rings (SSSR count). The van der Waals surface area contributed by atoms with Crippen molar-refractivity contribution in [2.45, 2.75) is 25.5 Å². The van der Waals surface area contributed by atoms with E-state index in [0.717, 1.165) is 22.6 Å². The Hall–Kier alpha value is -4.07. The van der Waals surface area contributed by atoms with Crippen molar-refractivity contribution in [3.05, 3.63) is 88.7 Å². The van der Waals surface area contributed by atoms with Gasteiger partial charge in [0.2, 0.25) is 5.91 Å². The van der Waals surface area contributed by atoms with Gasteiger partial charge in [-0.2, -0.15) is 0 Å². The molecule has 3 heterocycles. The molecule has 3 aromatic carbocycles. The van der Waals surface area contributed by atoms with Crippen LogP contribution >= 0.6 is 0 Å².